The first-order chi connectivity index (χ1) is 14.2. The van der Waals surface area contributed by atoms with Crippen molar-refractivity contribution < 1.29 is 18.7 Å². The maximum Gasteiger partial charge on any atom is 0.226 e. The number of hydrogen-bond donors (Lipinski definition) is 1. The molecule has 150 valence electrons. The first-order valence-electron chi connectivity index (χ1n) is 9.34. The molecular weight excluding hydrogens is 375 g/mol. The Hall–Kier alpha value is -3.26. The van der Waals surface area contributed by atoms with Gasteiger partial charge in [0.25, 0.3) is 0 Å². The van der Waals surface area contributed by atoms with Crippen molar-refractivity contribution in [2.24, 2.45) is 5.92 Å². The van der Waals surface area contributed by atoms with E-state index in [1.165, 1.54) is 10.7 Å². The third-order valence-corrected chi connectivity index (χ3v) is 4.96. The predicted molar refractivity (Wildman–Crippen MR) is 103 cm³/mol. The fourth-order valence-electron chi connectivity index (χ4n) is 3.50. The Morgan fingerprint density at radius 3 is 3.03 bits per heavy atom. The molecule has 29 heavy (non-hydrogen) atoms. The van der Waals surface area contributed by atoms with Gasteiger partial charge in [-0.05, 0) is 24.6 Å². The molecule has 1 aliphatic rings. The van der Waals surface area contributed by atoms with Crippen LogP contribution in [0.15, 0.2) is 55.0 Å². The Bertz CT molecular complexity index is 1010. The Morgan fingerprint density at radius 2 is 2.21 bits per heavy atom. The number of pyridine rings is 1. The number of halogens is 1. The summed E-state index contributed by atoms with van der Waals surface area (Å²) < 4.78 is 26.5. The minimum absolute atomic E-state index is 0.114. The van der Waals surface area contributed by atoms with Crippen molar-refractivity contribution in [1.29, 1.82) is 0 Å². The molecule has 1 N–H and O–H groups in total. The van der Waals surface area contributed by atoms with Gasteiger partial charge in [0.05, 0.1) is 25.3 Å². The monoisotopic (exact) mass is 396 g/mol. The van der Waals surface area contributed by atoms with Gasteiger partial charge in [-0.15, -0.1) is 0 Å². The summed E-state index contributed by atoms with van der Waals surface area (Å²) in [5.41, 5.74) is 1.89. The van der Waals surface area contributed by atoms with Crippen LogP contribution >= 0.6 is 0 Å². The fraction of sp³-hybridized carbons (Fsp3) is 0.286. The van der Waals surface area contributed by atoms with Gasteiger partial charge in [-0.2, -0.15) is 5.10 Å². The molecule has 8 heteroatoms. The Kier molecular flexibility index (Phi) is 5.53. The summed E-state index contributed by atoms with van der Waals surface area (Å²) in [6.45, 7) is 0.789. The van der Waals surface area contributed by atoms with Crippen LogP contribution in [0.3, 0.4) is 0 Å². The van der Waals surface area contributed by atoms with Gasteiger partial charge in [-0.3, -0.25) is 4.79 Å². The lowest BCUT2D eigenvalue weighted by atomic mass is 9.96. The molecule has 1 fully saturated rings. The number of para-hydroxylation sites is 1. The highest BCUT2D eigenvalue weighted by Gasteiger charge is 2.36. The maximum absolute atomic E-state index is 14.0. The van der Waals surface area contributed by atoms with Gasteiger partial charge in [-0.1, -0.05) is 18.2 Å². The second-order valence-corrected chi connectivity index (χ2v) is 6.75. The van der Waals surface area contributed by atoms with Crippen LogP contribution in [0, 0.1) is 11.7 Å². The highest BCUT2D eigenvalue weighted by atomic mass is 19.1. The van der Waals surface area contributed by atoms with Crippen molar-refractivity contribution in [2.45, 2.75) is 19.1 Å². The Labute approximate surface area is 167 Å². The highest BCUT2D eigenvalue weighted by molar-refractivity contribution is 5.79. The van der Waals surface area contributed by atoms with Gasteiger partial charge in [0.1, 0.15) is 11.5 Å². The summed E-state index contributed by atoms with van der Waals surface area (Å²) in [7, 11) is 1.54. The predicted octanol–water partition coefficient (Wildman–Crippen LogP) is 2.81. The van der Waals surface area contributed by atoms with Gasteiger partial charge >= 0.3 is 0 Å². The summed E-state index contributed by atoms with van der Waals surface area (Å²) in [5.74, 6) is -0.347. The molecule has 4 rings (SSSR count). The normalized spacial score (nSPS) is 18.6. The molecule has 1 amide bonds. The molecule has 2 atom stereocenters. The van der Waals surface area contributed by atoms with Crippen molar-refractivity contribution >= 4 is 5.91 Å². The smallest absolute Gasteiger partial charge is 0.226 e. The van der Waals surface area contributed by atoms with Gasteiger partial charge in [0, 0.05) is 36.7 Å². The number of carbonyl (C=O) groups is 1. The molecule has 7 nitrogen and oxygen atoms in total. The SMILES string of the molecule is COc1ncccc1CNC(=O)[C@H]1CCO[C@@H]1c1cnn(-c2ccccc2F)c1. The standard InChI is InChI=1S/C21H21FN4O3/c1-28-21-14(5-4-9-23-21)11-24-20(27)16-8-10-29-19(16)15-12-25-26(13-15)18-7-3-2-6-17(18)22/h2-7,9,12-13,16,19H,8,10-11H2,1H3,(H,24,27)/t16-,19+/m0/s1. The highest BCUT2D eigenvalue weighted by Crippen LogP contribution is 2.35. The topological polar surface area (TPSA) is 78.3 Å². The van der Waals surface area contributed by atoms with Crippen LogP contribution in [0.1, 0.15) is 23.7 Å². The average Bonchev–Trinajstić information content (AvgIpc) is 3.42. The number of methoxy groups -OCH3 is 1. The van der Waals surface area contributed by atoms with E-state index < -0.39 is 6.10 Å². The van der Waals surface area contributed by atoms with Crippen LogP contribution < -0.4 is 10.1 Å². The molecule has 1 aliphatic heterocycles. The quantitative estimate of drug-likeness (QED) is 0.693. The van der Waals surface area contributed by atoms with Crippen molar-refractivity contribution in [3.8, 4) is 11.6 Å². The van der Waals surface area contributed by atoms with E-state index in [4.69, 9.17) is 9.47 Å². The van der Waals surface area contributed by atoms with Crippen molar-refractivity contribution in [2.75, 3.05) is 13.7 Å². The summed E-state index contributed by atoms with van der Waals surface area (Å²) in [4.78, 5) is 16.9. The number of hydrogen-bond acceptors (Lipinski definition) is 5. The van der Waals surface area contributed by atoms with Crippen LogP contribution in [-0.4, -0.2) is 34.4 Å². The van der Waals surface area contributed by atoms with Crippen molar-refractivity contribution in [1.82, 2.24) is 20.1 Å². The van der Waals surface area contributed by atoms with E-state index in [1.807, 2.05) is 6.07 Å². The number of carbonyl (C=O) groups excluding carboxylic acids is 1. The zero-order valence-electron chi connectivity index (χ0n) is 15.9. The molecule has 0 saturated carbocycles. The lowest BCUT2D eigenvalue weighted by molar-refractivity contribution is -0.126. The lowest BCUT2D eigenvalue weighted by Gasteiger charge is -2.17. The van der Waals surface area contributed by atoms with Gasteiger partial charge in [-0.25, -0.2) is 14.1 Å². The molecule has 1 saturated heterocycles. The number of benzene rings is 1. The number of rotatable bonds is 6. The number of amides is 1. The first kappa shape index (κ1) is 19.1. The van der Waals surface area contributed by atoms with E-state index in [0.29, 0.717) is 31.1 Å². The number of ether oxygens (including phenoxy) is 2. The maximum atomic E-state index is 14.0. The zero-order chi connectivity index (χ0) is 20.2. The molecule has 0 bridgehead atoms. The van der Waals surface area contributed by atoms with E-state index in [9.17, 15) is 9.18 Å². The summed E-state index contributed by atoms with van der Waals surface area (Å²) in [6, 6.07) is 10.0. The van der Waals surface area contributed by atoms with Crippen LogP contribution in [0.2, 0.25) is 0 Å². The Balaban J connectivity index is 1.46. The van der Waals surface area contributed by atoms with Crippen LogP contribution in [-0.2, 0) is 16.1 Å². The zero-order valence-corrected chi connectivity index (χ0v) is 15.9. The van der Waals surface area contributed by atoms with Crippen molar-refractivity contribution in [3.05, 3.63) is 71.9 Å². The Morgan fingerprint density at radius 1 is 1.34 bits per heavy atom. The molecule has 3 heterocycles. The second kappa shape index (κ2) is 8.40. The number of nitrogens with zero attached hydrogens (tertiary/aromatic N) is 3. The van der Waals surface area contributed by atoms with E-state index >= 15 is 0 Å². The molecule has 2 aromatic heterocycles. The minimum Gasteiger partial charge on any atom is -0.481 e. The molecule has 0 spiro atoms. The van der Waals surface area contributed by atoms with Crippen molar-refractivity contribution in [3.63, 3.8) is 0 Å². The first-order valence-corrected chi connectivity index (χ1v) is 9.34. The average molecular weight is 396 g/mol. The minimum atomic E-state index is -0.425. The molecule has 3 aromatic rings. The van der Waals surface area contributed by atoms with Crippen LogP contribution in [0.4, 0.5) is 4.39 Å². The molecular formula is C21H21FN4O3. The largest absolute Gasteiger partial charge is 0.481 e. The van der Waals surface area contributed by atoms with Gasteiger partial charge in [0.15, 0.2) is 0 Å². The van der Waals surface area contributed by atoms with Gasteiger partial charge < -0.3 is 14.8 Å². The molecule has 0 unspecified atom stereocenters. The van der Waals surface area contributed by atoms with Crippen LogP contribution in [0.25, 0.3) is 5.69 Å². The second-order valence-electron chi connectivity index (χ2n) is 6.75. The lowest BCUT2D eigenvalue weighted by Crippen LogP contribution is -2.32. The summed E-state index contributed by atoms with van der Waals surface area (Å²) >= 11 is 0. The third-order valence-electron chi connectivity index (χ3n) is 4.96. The van der Waals surface area contributed by atoms with E-state index in [0.717, 1.165) is 11.1 Å². The van der Waals surface area contributed by atoms with Crippen LogP contribution in [0.5, 0.6) is 5.88 Å². The summed E-state index contributed by atoms with van der Waals surface area (Å²) in [6.07, 6.45) is 5.14. The number of nitrogens with one attached hydrogen (secondary N) is 1. The molecule has 0 radical (unpaired) electrons. The van der Waals surface area contributed by atoms with E-state index in [-0.39, 0.29) is 17.6 Å². The summed E-state index contributed by atoms with van der Waals surface area (Å²) in [5, 5.41) is 7.18. The molecule has 0 aliphatic carbocycles. The molecule has 1 aromatic carbocycles. The fourth-order valence-corrected chi connectivity index (χ4v) is 3.50. The van der Waals surface area contributed by atoms with E-state index in [1.54, 1.807) is 50.0 Å². The van der Waals surface area contributed by atoms with Gasteiger partial charge in [0.2, 0.25) is 11.8 Å². The number of aromatic nitrogens is 3. The van der Waals surface area contributed by atoms with E-state index in [2.05, 4.69) is 15.4 Å². The third kappa shape index (κ3) is 3.97.